The number of Topliss-reactive ketones (excluding diaryl/α,β-unsaturated/α-hetero) is 2. The van der Waals surface area contributed by atoms with Gasteiger partial charge >= 0.3 is 0 Å². The van der Waals surface area contributed by atoms with E-state index in [1.807, 2.05) is 50.5 Å². The molecule has 2 aromatic carbocycles. The molecule has 0 bridgehead atoms. The molecule has 1 atom stereocenters. The number of nitrogens with zero attached hydrogens (tertiary/aromatic N) is 8. The minimum absolute atomic E-state index is 0.135. The maximum atomic E-state index is 12.5. The van der Waals surface area contributed by atoms with E-state index in [4.69, 9.17) is 39.5 Å². The summed E-state index contributed by atoms with van der Waals surface area (Å²) in [5, 5.41) is 11.6. The molecule has 1 unspecified atom stereocenters. The molecule has 9 rings (SSSR count). The number of hydrogen-bond donors (Lipinski definition) is 0. The summed E-state index contributed by atoms with van der Waals surface area (Å²) in [6, 6.07) is 11.2. The number of ketones is 2. The molecule has 2 aliphatic carbocycles. The summed E-state index contributed by atoms with van der Waals surface area (Å²) in [5.74, 6) is 0.0480. The minimum Gasteiger partial charge on any atom is -0.381 e. The second kappa shape index (κ2) is 14.9. The quantitative estimate of drug-likeness (QED) is 0.187. The van der Waals surface area contributed by atoms with Gasteiger partial charge in [0.1, 0.15) is 23.6 Å². The fraction of sp³-hybridized carbons (Fsp3) is 0.294. The Morgan fingerprint density at radius 3 is 1.98 bits per heavy atom. The lowest BCUT2D eigenvalue weighted by Gasteiger charge is -2.11. The molecule has 0 spiro atoms. The highest BCUT2D eigenvalue weighted by Gasteiger charge is 2.34. The van der Waals surface area contributed by atoms with Crippen LogP contribution in [0.2, 0.25) is 15.2 Å². The third-order valence-corrected chi connectivity index (χ3v) is 8.96. The van der Waals surface area contributed by atoms with Gasteiger partial charge in [-0.3, -0.25) is 19.0 Å². The zero-order valence-corrected chi connectivity index (χ0v) is 28.5. The lowest BCUT2D eigenvalue weighted by atomic mass is 9.95. The average Bonchev–Trinajstić information content (AvgIpc) is 3.91. The Balaban J connectivity index is 0.000000125. The molecule has 6 aromatic rings. The number of fused-ring (bicyclic) bond motifs is 4. The summed E-state index contributed by atoms with van der Waals surface area (Å²) in [4.78, 5) is 39.8. The van der Waals surface area contributed by atoms with Crippen molar-refractivity contribution in [2.45, 2.75) is 38.0 Å². The van der Waals surface area contributed by atoms with E-state index >= 15 is 0 Å². The van der Waals surface area contributed by atoms with E-state index in [1.54, 1.807) is 21.8 Å². The van der Waals surface area contributed by atoms with Crippen molar-refractivity contribution in [1.82, 2.24) is 39.5 Å². The van der Waals surface area contributed by atoms with Gasteiger partial charge in [-0.1, -0.05) is 46.9 Å². The van der Waals surface area contributed by atoms with Crippen LogP contribution in [0.25, 0.3) is 22.1 Å². The van der Waals surface area contributed by atoms with E-state index in [0.717, 1.165) is 62.6 Å². The fourth-order valence-electron chi connectivity index (χ4n) is 5.83. The van der Waals surface area contributed by atoms with Gasteiger partial charge in [0.2, 0.25) is 0 Å². The van der Waals surface area contributed by atoms with Crippen LogP contribution in [-0.2, 0) is 47.7 Å². The van der Waals surface area contributed by atoms with E-state index in [0.29, 0.717) is 40.9 Å². The van der Waals surface area contributed by atoms with Crippen molar-refractivity contribution < 1.29 is 14.3 Å². The van der Waals surface area contributed by atoms with Gasteiger partial charge in [0.25, 0.3) is 0 Å². The Labute approximate surface area is 291 Å². The molecule has 0 amide bonds. The molecule has 1 aliphatic heterocycles. The molecule has 14 heteroatoms. The van der Waals surface area contributed by atoms with Crippen molar-refractivity contribution in [1.29, 1.82) is 0 Å². The lowest BCUT2D eigenvalue weighted by Crippen LogP contribution is -2.10. The minimum atomic E-state index is -0.381. The number of carbonyl (C=O) groups is 2. The first-order chi connectivity index (χ1) is 23.2. The van der Waals surface area contributed by atoms with Crippen LogP contribution in [0.1, 0.15) is 46.7 Å². The Morgan fingerprint density at radius 1 is 0.708 bits per heavy atom. The van der Waals surface area contributed by atoms with Crippen LogP contribution in [0.5, 0.6) is 0 Å². The van der Waals surface area contributed by atoms with Crippen molar-refractivity contribution in [2.24, 2.45) is 14.1 Å². The summed E-state index contributed by atoms with van der Waals surface area (Å²) < 4.78 is 8.28. The Hall–Kier alpha value is -4.29. The Kier molecular flexibility index (Phi) is 10.4. The fourth-order valence-corrected chi connectivity index (χ4v) is 6.38. The first kappa shape index (κ1) is 33.6. The second-order valence-corrected chi connectivity index (χ2v) is 12.7. The number of hydrogen-bond acceptors (Lipinski definition) is 9. The molecule has 246 valence electrons. The van der Waals surface area contributed by atoms with Crippen molar-refractivity contribution in [2.75, 3.05) is 13.2 Å². The number of aromatic nitrogens is 8. The summed E-state index contributed by atoms with van der Waals surface area (Å²) in [6.45, 7) is 2.00. The SMILES string of the molecule is C1CCOC1.Cn1ncc2c(C3C(=O)Cc4ccc(Cl)cc43)ncnc21.Cn1ncc2c(Cl)ncnc21.O=C1Cc2ccc(Cl)cc2C1. The largest absolute Gasteiger partial charge is 0.381 e. The zero-order chi connectivity index (χ0) is 33.8. The molecule has 0 saturated carbocycles. The van der Waals surface area contributed by atoms with Crippen LogP contribution in [-0.4, -0.2) is 64.3 Å². The molecule has 0 radical (unpaired) electrons. The van der Waals surface area contributed by atoms with Gasteiger partial charge in [-0.25, -0.2) is 19.9 Å². The van der Waals surface area contributed by atoms with E-state index in [1.165, 1.54) is 25.5 Å². The highest BCUT2D eigenvalue weighted by atomic mass is 35.5. The maximum absolute atomic E-state index is 12.5. The van der Waals surface area contributed by atoms with E-state index < -0.39 is 0 Å². The molecule has 0 N–H and O–H groups in total. The van der Waals surface area contributed by atoms with E-state index in [9.17, 15) is 9.59 Å². The molecule has 48 heavy (non-hydrogen) atoms. The van der Waals surface area contributed by atoms with Gasteiger partial charge in [0.05, 0.1) is 34.8 Å². The zero-order valence-electron chi connectivity index (χ0n) is 26.2. The topological polar surface area (TPSA) is 131 Å². The van der Waals surface area contributed by atoms with Crippen LogP contribution < -0.4 is 0 Å². The van der Waals surface area contributed by atoms with Gasteiger partial charge < -0.3 is 4.74 Å². The normalized spacial score (nSPS) is 16.1. The predicted molar refractivity (Wildman–Crippen MR) is 184 cm³/mol. The van der Waals surface area contributed by atoms with Gasteiger partial charge in [-0.2, -0.15) is 10.2 Å². The van der Waals surface area contributed by atoms with Crippen LogP contribution in [0.3, 0.4) is 0 Å². The van der Waals surface area contributed by atoms with Crippen molar-refractivity contribution in [3.05, 3.63) is 105 Å². The molecule has 1 fully saturated rings. The number of halogens is 3. The van der Waals surface area contributed by atoms with Gasteiger partial charge in [-0.05, 0) is 59.4 Å². The van der Waals surface area contributed by atoms with Crippen LogP contribution in [0.4, 0.5) is 0 Å². The summed E-state index contributed by atoms with van der Waals surface area (Å²) in [7, 11) is 3.63. The molecule has 5 heterocycles. The first-order valence-corrected chi connectivity index (χ1v) is 16.4. The molecular formula is C34H31Cl3N8O3. The van der Waals surface area contributed by atoms with Crippen LogP contribution in [0.15, 0.2) is 61.4 Å². The van der Waals surface area contributed by atoms with Gasteiger partial charge in [0.15, 0.2) is 17.1 Å². The molecule has 1 saturated heterocycles. The number of carbonyl (C=O) groups excluding carboxylic acids is 2. The van der Waals surface area contributed by atoms with E-state index in [-0.39, 0.29) is 11.7 Å². The molecule has 3 aliphatic rings. The van der Waals surface area contributed by atoms with Crippen LogP contribution >= 0.6 is 34.8 Å². The lowest BCUT2D eigenvalue weighted by molar-refractivity contribution is -0.118. The summed E-state index contributed by atoms with van der Waals surface area (Å²) in [6.07, 6.45) is 10.4. The van der Waals surface area contributed by atoms with Crippen LogP contribution in [0, 0.1) is 0 Å². The molecular weight excluding hydrogens is 675 g/mol. The van der Waals surface area contributed by atoms with Crippen molar-refractivity contribution in [3.8, 4) is 0 Å². The summed E-state index contributed by atoms with van der Waals surface area (Å²) >= 11 is 17.6. The predicted octanol–water partition coefficient (Wildman–Crippen LogP) is 6.10. The smallest absolute Gasteiger partial charge is 0.162 e. The highest BCUT2D eigenvalue weighted by Crippen LogP contribution is 2.38. The molecule has 11 nitrogen and oxygen atoms in total. The van der Waals surface area contributed by atoms with Gasteiger partial charge in [-0.15, -0.1) is 0 Å². The summed E-state index contributed by atoms with van der Waals surface area (Å²) in [5.41, 5.74) is 6.38. The number of ether oxygens (including phenoxy) is 1. The Bertz CT molecular complexity index is 2120. The molecule has 4 aromatic heterocycles. The average molecular weight is 706 g/mol. The Morgan fingerprint density at radius 2 is 1.31 bits per heavy atom. The highest BCUT2D eigenvalue weighted by molar-refractivity contribution is 6.33. The standard InChI is InChI=1S/C15H11ClN4O.C9H7ClO.C6H5ClN4.C4H8O/c1-20-15-11(6-19-20)14(17-7-18-15)13-10-5-9(16)3-2-8(10)4-12(13)21;10-8-2-1-6-4-9(11)5-7(6)3-8;1-11-6-4(2-10-11)5(7)8-3-9-6;1-2-4-5-3-1/h2-3,5-7,13H,4H2,1H3;1-3H,4-5H2;2-3H,1H3;1-4H2. The third kappa shape index (κ3) is 7.39. The van der Waals surface area contributed by atoms with Crippen molar-refractivity contribution in [3.63, 3.8) is 0 Å². The van der Waals surface area contributed by atoms with Gasteiger partial charge in [0, 0.05) is 56.6 Å². The number of aryl methyl sites for hydroxylation is 2. The van der Waals surface area contributed by atoms with E-state index in [2.05, 4.69) is 30.1 Å². The first-order valence-electron chi connectivity index (χ1n) is 15.3. The third-order valence-electron chi connectivity index (χ3n) is 8.19. The van der Waals surface area contributed by atoms with Crippen molar-refractivity contribution >= 4 is 68.4 Å². The maximum Gasteiger partial charge on any atom is 0.162 e. The monoisotopic (exact) mass is 704 g/mol. The number of benzene rings is 2. The number of rotatable bonds is 1. The second-order valence-electron chi connectivity index (χ2n) is 11.5.